The molecule has 0 saturated heterocycles. The van der Waals surface area contributed by atoms with Crippen molar-refractivity contribution in [1.82, 2.24) is 5.32 Å². The molecule has 2 aromatic rings. The van der Waals surface area contributed by atoms with Crippen LogP contribution in [0.25, 0.3) is 0 Å². The van der Waals surface area contributed by atoms with Crippen LogP contribution in [0, 0.1) is 0 Å². The molecule has 1 amide bonds. The summed E-state index contributed by atoms with van der Waals surface area (Å²) >= 11 is 0. The van der Waals surface area contributed by atoms with Crippen LogP contribution in [-0.2, 0) is 4.79 Å². The van der Waals surface area contributed by atoms with E-state index in [4.69, 9.17) is 9.47 Å². The van der Waals surface area contributed by atoms with Gasteiger partial charge in [-0.2, -0.15) is 0 Å². The summed E-state index contributed by atoms with van der Waals surface area (Å²) in [5.41, 5.74) is 2.12. The minimum Gasteiger partial charge on any atom is -0.496 e. The fourth-order valence-electron chi connectivity index (χ4n) is 4.13. The highest BCUT2D eigenvalue weighted by atomic mass is 16.5. The maximum atomic E-state index is 12.9. The van der Waals surface area contributed by atoms with Crippen molar-refractivity contribution in [1.29, 1.82) is 0 Å². The van der Waals surface area contributed by atoms with Gasteiger partial charge in [0.1, 0.15) is 11.5 Å². The van der Waals surface area contributed by atoms with Crippen LogP contribution in [0.2, 0.25) is 0 Å². The van der Waals surface area contributed by atoms with Gasteiger partial charge in [0.25, 0.3) is 0 Å². The predicted octanol–water partition coefficient (Wildman–Crippen LogP) is 5.45. The number of carbonyl (C=O) groups is 1. The van der Waals surface area contributed by atoms with Crippen LogP contribution in [0.1, 0.15) is 69.4 Å². The lowest BCUT2D eigenvalue weighted by Gasteiger charge is -2.25. The van der Waals surface area contributed by atoms with E-state index in [0.717, 1.165) is 35.5 Å². The zero-order chi connectivity index (χ0) is 20.6. The van der Waals surface area contributed by atoms with E-state index >= 15 is 0 Å². The lowest BCUT2D eigenvalue weighted by molar-refractivity contribution is -0.122. The highest BCUT2D eigenvalue weighted by Gasteiger charge is 2.23. The number of hydrogen-bond acceptors (Lipinski definition) is 3. The van der Waals surface area contributed by atoms with Gasteiger partial charge in [-0.3, -0.25) is 4.79 Å². The molecule has 1 aliphatic rings. The lowest BCUT2D eigenvalue weighted by atomic mass is 9.87. The molecule has 3 rings (SSSR count). The standard InChI is InChI=1S/C25H33NO3/c1-18(2)29-21-15-13-19(14-16-21)23(22-11-7-8-12-24(22)28-3)17-25(27)26-20-9-5-4-6-10-20/h7-8,11-16,18,20,23H,4-6,9-10,17H2,1-3H3,(H,26,27). The fraction of sp³-hybridized carbons (Fsp3) is 0.480. The zero-order valence-corrected chi connectivity index (χ0v) is 17.8. The Balaban J connectivity index is 1.82. The van der Waals surface area contributed by atoms with Crippen molar-refractivity contribution in [3.05, 3.63) is 59.7 Å². The van der Waals surface area contributed by atoms with Crippen molar-refractivity contribution in [2.24, 2.45) is 0 Å². The highest BCUT2D eigenvalue weighted by Crippen LogP contribution is 2.35. The minimum absolute atomic E-state index is 0.0668. The molecule has 1 aliphatic carbocycles. The van der Waals surface area contributed by atoms with Crippen LogP contribution in [0.15, 0.2) is 48.5 Å². The van der Waals surface area contributed by atoms with Gasteiger partial charge >= 0.3 is 0 Å². The first-order chi connectivity index (χ1) is 14.1. The number of ether oxygens (including phenoxy) is 2. The number of methoxy groups -OCH3 is 1. The molecule has 2 aromatic carbocycles. The van der Waals surface area contributed by atoms with Crippen LogP contribution < -0.4 is 14.8 Å². The summed E-state index contributed by atoms with van der Waals surface area (Å²) in [5.74, 6) is 1.69. The van der Waals surface area contributed by atoms with Gasteiger partial charge in [-0.15, -0.1) is 0 Å². The lowest BCUT2D eigenvalue weighted by Crippen LogP contribution is -2.36. The summed E-state index contributed by atoms with van der Waals surface area (Å²) in [6.45, 7) is 4.03. The van der Waals surface area contributed by atoms with Gasteiger partial charge < -0.3 is 14.8 Å². The van der Waals surface area contributed by atoms with Crippen LogP contribution in [0.3, 0.4) is 0 Å². The Bertz CT molecular complexity index is 779. The summed E-state index contributed by atoms with van der Waals surface area (Å²) < 4.78 is 11.4. The normalized spacial score (nSPS) is 15.7. The molecule has 4 heteroatoms. The average molecular weight is 396 g/mol. The number of benzene rings is 2. The summed E-state index contributed by atoms with van der Waals surface area (Å²) in [7, 11) is 1.68. The van der Waals surface area contributed by atoms with E-state index in [-0.39, 0.29) is 17.9 Å². The number of hydrogen-bond donors (Lipinski definition) is 1. The predicted molar refractivity (Wildman–Crippen MR) is 117 cm³/mol. The summed E-state index contributed by atoms with van der Waals surface area (Å²) in [6.07, 6.45) is 6.41. The van der Waals surface area contributed by atoms with Gasteiger partial charge in [0, 0.05) is 23.9 Å². The molecule has 0 radical (unpaired) electrons. The van der Waals surface area contributed by atoms with Crippen LogP contribution >= 0.6 is 0 Å². The van der Waals surface area contributed by atoms with Crippen LogP contribution in [-0.4, -0.2) is 25.2 Å². The van der Waals surface area contributed by atoms with Crippen molar-refractivity contribution < 1.29 is 14.3 Å². The summed E-state index contributed by atoms with van der Waals surface area (Å²) in [4.78, 5) is 12.9. The second-order valence-corrected chi connectivity index (χ2v) is 8.14. The monoisotopic (exact) mass is 395 g/mol. The molecule has 0 spiro atoms. The smallest absolute Gasteiger partial charge is 0.221 e. The maximum Gasteiger partial charge on any atom is 0.221 e. The quantitative estimate of drug-likeness (QED) is 0.646. The summed E-state index contributed by atoms with van der Waals surface area (Å²) in [6, 6.07) is 16.4. The molecular formula is C25H33NO3. The Morgan fingerprint density at radius 3 is 2.38 bits per heavy atom. The highest BCUT2D eigenvalue weighted by molar-refractivity contribution is 5.78. The fourth-order valence-corrected chi connectivity index (χ4v) is 4.13. The zero-order valence-electron chi connectivity index (χ0n) is 17.8. The Hall–Kier alpha value is -2.49. The molecule has 1 fully saturated rings. The summed E-state index contributed by atoms with van der Waals surface area (Å²) in [5, 5.41) is 3.26. The number of para-hydroxylation sites is 1. The van der Waals surface area contributed by atoms with E-state index in [1.165, 1.54) is 19.3 Å². The van der Waals surface area contributed by atoms with Gasteiger partial charge in [0.2, 0.25) is 5.91 Å². The molecule has 156 valence electrons. The first kappa shape index (κ1) is 21.2. The molecule has 0 bridgehead atoms. The molecule has 29 heavy (non-hydrogen) atoms. The minimum atomic E-state index is -0.0668. The van der Waals surface area contributed by atoms with E-state index in [0.29, 0.717) is 12.5 Å². The molecule has 0 aromatic heterocycles. The van der Waals surface area contributed by atoms with Crippen molar-refractivity contribution in [2.75, 3.05) is 7.11 Å². The van der Waals surface area contributed by atoms with Crippen LogP contribution in [0.4, 0.5) is 0 Å². The third kappa shape index (κ3) is 5.99. The van der Waals surface area contributed by atoms with Gasteiger partial charge in [0.15, 0.2) is 0 Å². The molecule has 4 nitrogen and oxygen atoms in total. The van der Waals surface area contributed by atoms with Gasteiger partial charge in [-0.25, -0.2) is 0 Å². The van der Waals surface area contributed by atoms with Gasteiger partial charge in [0.05, 0.1) is 13.2 Å². The molecular weight excluding hydrogens is 362 g/mol. The number of carbonyl (C=O) groups excluding carboxylic acids is 1. The van der Waals surface area contributed by atoms with E-state index in [1.54, 1.807) is 7.11 Å². The second kappa shape index (κ2) is 10.3. The Morgan fingerprint density at radius 1 is 1.03 bits per heavy atom. The molecule has 0 aliphatic heterocycles. The average Bonchev–Trinajstić information content (AvgIpc) is 2.73. The van der Waals surface area contributed by atoms with Gasteiger partial charge in [-0.1, -0.05) is 49.6 Å². The Morgan fingerprint density at radius 2 is 1.72 bits per heavy atom. The topological polar surface area (TPSA) is 47.6 Å². The number of rotatable bonds is 8. The van der Waals surface area contributed by atoms with Crippen molar-refractivity contribution in [3.8, 4) is 11.5 Å². The maximum absolute atomic E-state index is 12.9. The third-order valence-corrected chi connectivity index (χ3v) is 5.53. The van der Waals surface area contributed by atoms with Crippen LogP contribution in [0.5, 0.6) is 11.5 Å². The third-order valence-electron chi connectivity index (χ3n) is 5.53. The largest absolute Gasteiger partial charge is 0.496 e. The first-order valence-electron chi connectivity index (χ1n) is 10.8. The van der Waals surface area contributed by atoms with Crippen molar-refractivity contribution in [3.63, 3.8) is 0 Å². The number of nitrogens with one attached hydrogen (secondary N) is 1. The van der Waals surface area contributed by atoms with Gasteiger partial charge in [-0.05, 0) is 50.5 Å². The van der Waals surface area contributed by atoms with E-state index < -0.39 is 0 Å². The first-order valence-corrected chi connectivity index (χ1v) is 10.8. The molecule has 1 N–H and O–H groups in total. The van der Waals surface area contributed by atoms with E-state index in [9.17, 15) is 4.79 Å². The molecule has 1 atom stereocenters. The van der Waals surface area contributed by atoms with Crippen molar-refractivity contribution >= 4 is 5.91 Å². The SMILES string of the molecule is COc1ccccc1C(CC(=O)NC1CCCCC1)c1ccc(OC(C)C)cc1. The molecule has 1 saturated carbocycles. The van der Waals surface area contributed by atoms with E-state index in [2.05, 4.69) is 23.5 Å². The number of amides is 1. The second-order valence-electron chi connectivity index (χ2n) is 8.14. The molecule has 1 unspecified atom stereocenters. The molecule has 0 heterocycles. The Labute approximate surface area is 174 Å². The Kier molecular flexibility index (Phi) is 7.56. The van der Waals surface area contributed by atoms with Crippen molar-refractivity contribution in [2.45, 2.75) is 70.4 Å². The van der Waals surface area contributed by atoms with E-state index in [1.807, 2.05) is 44.2 Å².